The molecule has 20 heavy (non-hydrogen) atoms. The van der Waals surface area contributed by atoms with Crippen LogP contribution in [0.5, 0.6) is 5.75 Å². The van der Waals surface area contributed by atoms with Crippen molar-refractivity contribution in [2.45, 2.75) is 0 Å². The molecule has 1 heterocycles. The van der Waals surface area contributed by atoms with Gasteiger partial charge in [0.1, 0.15) is 11.4 Å². The van der Waals surface area contributed by atoms with Crippen LogP contribution in [0.4, 0.5) is 11.4 Å². The second kappa shape index (κ2) is 5.05. The van der Waals surface area contributed by atoms with Crippen LogP contribution in [0.15, 0.2) is 48.5 Å². The Kier molecular flexibility index (Phi) is 3.09. The number of amides is 2. The predicted molar refractivity (Wildman–Crippen MR) is 75.0 cm³/mol. The summed E-state index contributed by atoms with van der Waals surface area (Å²) in [6.45, 7) is -0.0108. The van der Waals surface area contributed by atoms with Crippen molar-refractivity contribution in [3.05, 3.63) is 54.1 Å². The number of nitrogens with one attached hydrogen (secondary N) is 2. The highest BCUT2D eigenvalue weighted by atomic mass is 16.5. The molecule has 0 saturated carbocycles. The van der Waals surface area contributed by atoms with Gasteiger partial charge in [-0.1, -0.05) is 24.3 Å². The number of carbonyl (C=O) groups is 2. The first-order chi connectivity index (χ1) is 9.74. The minimum absolute atomic E-state index is 0.0108. The molecule has 3 rings (SSSR count). The van der Waals surface area contributed by atoms with Gasteiger partial charge in [0.15, 0.2) is 6.61 Å². The Morgan fingerprint density at radius 3 is 2.70 bits per heavy atom. The van der Waals surface area contributed by atoms with E-state index in [2.05, 4.69) is 10.6 Å². The maximum Gasteiger partial charge on any atom is 0.262 e. The SMILES string of the molecule is O=C1COc2cccc(NC(=O)c3ccccc3)c2N1. The van der Waals surface area contributed by atoms with Gasteiger partial charge in [0.25, 0.3) is 11.8 Å². The number of benzene rings is 2. The lowest BCUT2D eigenvalue weighted by atomic mass is 10.2. The first kappa shape index (κ1) is 12.2. The van der Waals surface area contributed by atoms with Crippen molar-refractivity contribution >= 4 is 23.2 Å². The number of hydrogen-bond acceptors (Lipinski definition) is 3. The van der Waals surface area contributed by atoms with E-state index in [0.717, 1.165) is 0 Å². The Morgan fingerprint density at radius 1 is 1.10 bits per heavy atom. The van der Waals surface area contributed by atoms with Crippen LogP contribution in [0, 0.1) is 0 Å². The third-order valence-corrected chi connectivity index (χ3v) is 2.93. The molecule has 1 aliphatic heterocycles. The van der Waals surface area contributed by atoms with Crippen molar-refractivity contribution < 1.29 is 14.3 Å². The van der Waals surface area contributed by atoms with E-state index in [1.807, 2.05) is 6.07 Å². The molecule has 5 heteroatoms. The van der Waals surface area contributed by atoms with Crippen LogP contribution in [0.3, 0.4) is 0 Å². The van der Waals surface area contributed by atoms with Crippen molar-refractivity contribution in [3.8, 4) is 5.75 Å². The summed E-state index contributed by atoms with van der Waals surface area (Å²) in [7, 11) is 0. The van der Waals surface area contributed by atoms with Gasteiger partial charge in [-0.3, -0.25) is 9.59 Å². The molecule has 2 aromatic carbocycles. The van der Waals surface area contributed by atoms with Gasteiger partial charge in [0.2, 0.25) is 0 Å². The van der Waals surface area contributed by atoms with Crippen molar-refractivity contribution in [1.82, 2.24) is 0 Å². The lowest BCUT2D eigenvalue weighted by molar-refractivity contribution is -0.118. The molecule has 2 aromatic rings. The summed E-state index contributed by atoms with van der Waals surface area (Å²) in [5.41, 5.74) is 1.56. The van der Waals surface area contributed by atoms with Crippen LogP contribution >= 0.6 is 0 Å². The number of fused-ring (bicyclic) bond motifs is 1. The number of carbonyl (C=O) groups excluding carboxylic acids is 2. The van der Waals surface area contributed by atoms with Crippen LogP contribution in [-0.2, 0) is 4.79 Å². The van der Waals surface area contributed by atoms with Crippen molar-refractivity contribution in [2.24, 2.45) is 0 Å². The fraction of sp³-hybridized carbons (Fsp3) is 0.0667. The second-order valence-electron chi connectivity index (χ2n) is 4.34. The van der Waals surface area contributed by atoms with E-state index in [4.69, 9.17) is 4.74 Å². The Balaban J connectivity index is 1.88. The maximum absolute atomic E-state index is 12.1. The lowest BCUT2D eigenvalue weighted by Gasteiger charge is -2.20. The average Bonchev–Trinajstić information content (AvgIpc) is 2.49. The standard InChI is InChI=1S/C15H12N2O3/c18-13-9-20-12-8-4-7-11(14(12)17-13)16-15(19)10-5-2-1-3-6-10/h1-8H,9H2,(H,16,19)(H,17,18). The molecule has 0 bridgehead atoms. The minimum atomic E-state index is -0.237. The molecule has 0 saturated heterocycles. The quantitative estimate of drug-likeness (QED) is 0.878. The van der Waals surface area contributed by atoms with Crippen LogP contribution in [-0.4, -0.2) is 18.4 Å². The summed E-state index contributed by atoms with van der Waals surface area (Å²) in [4.78, 5) is 23.5. The van der Waals surface area contributed by atoms with E-state index in [9.17, 15) is 9.59 Å². The Labute approximate surface area is 115 Å². The normalized spacial score (nSPS) is 12.9. The van der Waals surface area contributed by atoms with Gasteiger partial charge in [-0.05, 0) is 24.3 Å². The van der Waals surface area contributed by atoms with Crippen LogP contribution < -0.4 is 15.4 Å². The lowest BCUT2D eigenvalue weighted by Crippen LogP contribution is -2.26. The van der Waals surface area contributed by atoms with Gasteiger partial charge in [0, 0.05) is 5.56 Å². The second-order valence-corrected chi connectivity index (χ2v) is 4.34. The van der Waals surface area contributed by atoms with Gasteiger partial charge in [0.05, 0.1) is 5.69 Å². The summed E-state index contributed by atoms with van der Waals surface area (Å²) in [6.07, 6.45) is 0. The zero-order chi connectivity index (χ0) is 13.9. The first-order valence-corrected chi connectivity index (χ1v) is 6.16. The molecule has 0 aliphatic carbocycles. The molecule has 5 nitrogen and oxygen atoms in total. The molecule has 0 radical (unpaired) electrons. The topological polar surface area (TPSA) is 67.4 Å². The summed E-state index contributed by atoms with van der Waals surface area (Å²) in [5, 5.41) is 5.48. The summed E-state index contributed by atoms with van der Waals surface area (Å²) in [5.74, 6) is 0.0770. The minimum Gasteiger partial charge on any atom is -0.481 e. The van der Waals surface area contributed by atoms with Gasteiger partial charge in [-0.15, -0.1) is 0 Å². The van der Waals surface area contributed by atoms with Crippen LogP contribution in [0.25, 0.3) is 0 Å². The highest BCUT2D eigenvalue weighted by Crippen LogP contribution is 2.34. The van der Waals surface area contributed by atoms with E-state index in [-0.39, 0.29) is 18.4 Å². The number of hydrogen-bond donors (Lipinski definition) is 2. The van der Waals surface area contributed by atoms with E-state index in [0.29, 0.717) is 22.7 Å². The molecule has 0 unspecified atom stereocenters. The molecule has 100 valence electrons. The molecule has 0 atom stereocenters. The molecule has 0 spiro atoms. The van der Waals surface area contributed by atoms with E-state index >= 15 is 0 Å². The number of rotatable bonds is 2. The summed E-state index contributed by atoms with van der Waals surface area (Å²) < 4.78 is 5.30. The molecule has 0 fully saturated rings. The average molecular weight is 268 g/mol. The van der Waals surface area contributed by atoms with E-state index in [1.165, 1.54) is 0 Å². The fourth-order valence-electron chi connectivity index (χ4n) is 1.99. The predicted octanol–water partition coefficient (Wildman–Crippen LogP) is 2.27. The third kappa shape index (κ3) is 2.33. The fourth-order valence-corrected chi connectivity index (χ4v) is 1.99. The highest BCUT2D eigenvalue weighted by Gasteiger charge is 2.20. The zero-order valence-corrected chi connectivity index (χ0v) is 10.6. The van der Waals surface area contributed by atoms with E-state index in [1.54, 1.807) is 42.5 Å². The Bertz CT molecular complexity index is 668. The molecule has 2 amide bonds. The molecule has 1 aliphatic rings. The van der Waals surface area contributed by atoms with Crippen molar-refractivity contribution in [2.75, 3.05) is 17.2 Å². The van der Waals surface area contributed by atoms with Crippen LogP contribution in [0.2, 0.25) is 0 Å². The largest absolute Gasteiger partial charge is 0.481 e. The van der Waals surface area contributed by atoms with Gasteiger partial charge >= 0.3 is 0 Å². The van der Waals surface area contributed by atoms with E-state index < -0.39 is 0 Å². The smallest absolute Gasteiger partial charge is 0.262 e. The number of anilines is 2. The highest BCUT2D eigenvalue weighted by molar-refractivity contribution is 6.08. The maximum atomic E-state index is 12.1. The Morgan fingerprint density at radius 2 is 1.90 bits per heavy atom. The zero-order valence-electron chi connectivity index (χ0n) is 10.6. The number of para-hydroxylation sites is 1. The summed E-state index contributed by atoms with van der Waals surface area (Å²) in [6, 6.07) is 14.1. The van der Waals surface area contributed by atoms with Crippen LogP contribution in [0.1, 0.15) is 10.4 Å². The molecule has 0 aromatic heterocycles. The third-order valence-electron chi connectivity index (χ3n) is 2.93. The van der Waals surface area contributed by atoms with Crippen molar-refractivity contribution in [3.63, 3.8) is 0 Å². The van der Waals surface area contributed by atoms with Gasteiger partial charge in [-0.25, -0.2) is 0 Å². The van der Waals surface area contributed by atoms with Gasteiger partial charge < -0.3 is 15.4 Å². The van der Waals surface area contributed by atoms with Gasteiger partial charge in [-0.2, -0.15) is 0 Å². The summed E-state index contributed by atoms with van der Waals surface area (Å²) >= 11 is 0. The number of ether oxygens (including phenoxy) is 1. The molecular weight excluding hydrogens is 256 g/mol. The molecule has 2 N–H and O–H groups in total. The Hall–Kier alpha value is -2.82. The monoisotopic (exact) mass is 268 g/mol. The molecular formula is C15H12N2O3. The first-order valence-electron chi connectivity index (χ1n) is 6.16. The van der Waals surface area contributed by atoms with Crippen molar-refractivity contribution in [1.29, 1.82) is 0 Å².